The first-order valence-electron chi connectivity index (χ1n) is 10.7. The minimum atomic E-state index is -0.396. The summed E-state index contributed by atoms with van der Waals surface area (Å²) in [6, 6.07) is 14.2. The Balaban J connectivity index is 2.10. The van der Waals surface area contributed by atoms with Gasteiger partial charge in [-0.15, -0.1) is 0 Å². The van der Waals surface area contributed by atoms with Crippen LogP contribution in [-0.2, 0) is 23.9 Å². The van der Waals surface area contributed by atoms with Crippen LogP contribution in [-0.4, -0.2) is 63.1 Å². The van der Waals surface area contributed by atoms with Crippen LogP contribution in [0.4, 0.5) is 11.4 Å². The van der Waals surface area contributed by atoms with E-state index in [1.165, 1.54) is 11.8 Å². The number of nitrogens with one attached hydrogen (secondary N) is 1. The Morgan fingerprint density at radius 3 is 2.15 bits per heavy atom. The van der Waals surface area contributed by atoms with Crippen LogP contribution in [0.1, 0.15) is 18.1 Å². The van der Waals surface area contributed by atoms with E-state index in [2.05, 4.69) is 5.32 Å². The number of hydrogen-bond acceptors (Lipinski definition) is 6. The van der Waals surface area contributed by atoms with Gasteiger partial charge in [-0.2, -0.15) is 0 Å². The van der Waals surface area contributed by atoms with Crippen LogP contribution in [0.3, 0.4) is 0 Å². The van der Waals surface area contributed by atoms with E-state index in [9.17, 15) is 14.4 Å². The van der Waals surface area contributed by atoms with Gasteiger partial charge in [0.1, 0.15) is 5.70 Å². The lowest BCUT2D eigenvalue weighted by molar-refractivity contribution is -0.121. The van der Waals surface area contributed by atoms with E-state index in [-0.39, 0.29) is 5.91 Å². The minimum absolute atomic E-state index is 0.189. The highest BCUT2D eigenvalue weighted by atomic mass is 16.5. The molecule has 1 heterocycles. The highest BCUT2D eigenvalue weighted by molar-refractivity contribution is 6.45. The van der Waals surface area contributed by atoms with Gasteiger partial charge in [0.25, 0.3) is 11.8 Å². The summed E-state index contributed by atoms with van der Waals surface area (Å²) >= 11 is 0. The molecule has 1 aliphatic rings. The van der Waals surface area contributed by atoms with Gasteiger partial charge in [-0.25, -0.2) is 4.90 Å². The summed E-state index contributed by atoms with van der Waals surface area (Å²) in [5, 5.41) is 2.71. The third kappa shape index (κ3) is 5.47. The van der Waals surface area contributed by atoms with Crippen molar-refractivity contribution in [3.63, 3.8) is 0 Å². The fourth-order valence-corrected chi connectivity index (χ4v) is 3.74. The van der Waals surface area contributed by atoms with Crippen LogP contribution < -0.4 is 10.2 Å². The van der Waals surface area contributed by atoms with Gasteiger partial charge in [-0.1, -0.05) is 24.3 Å². The molecule has 0 fully saturated rings. The molecule has 0 spiro atoms. The van der Waals surface area contributed by atoms with Crippen molar-refractivity contribution >= 4 is 34.7 Å². The molecule has 2 aromatic carbocycles. The lowest BCUT2D eigenvalue weighted by Crippen LogP contribution is -2.37. The number of carbonyl (C=O) groups is 3. The van der Waals surface area contributed by atoms with Crippen LogP contribution in [0.15, 0.2) is 54.2 Å². The van der Waals surface area contributed by atoms with Crippen LogP contribution in [0.2, 0.25) is 0 Å². The van der Waals surface area contributed by atoms with Crippen molar-refractivity contribution in [2.24, 2.45) is 0 Å². The third-order valence-electron chi connectivity index (χ3n) is 5.26. The van der Waals surface area contributed by atoms with E-state index in [0.717, 1.165) is 5.56 Å². The number of methoxy groups -OCH3 is 2. The lowest BCUT2D eigenvalue weighted by Gasteiger charge is -2.25. The molecule has 0 atom stereocenters. The molecule has 2 aromatic rings. The van der Waals surface area contributed by atoms with Gasteiger partial charge < -0.3 is 19.7 Å². The second kappa shape index (κ2) is 10.9. The highest BCUT2D eigenvalue weighted by Gasteiger charge is 2.42. The summed E-state index contributed by atoms with van der Waals surface area (Å²) in [4.78, 5) is 41.7. The van der Waals surface area contributed by atoms with Gasteiger partial charge in [-0.05, 0) is 42.3 Å². The molecule has 8 heteroatoms. The van der Waals surface area contributed by atoms with Crippen molar-refractivity contribution in [3.05, 3.63) is 65.4 Å². The summed E-state index contributed by atoms with van der Waals surface area (Å²) in [6.07, 6.45) is 0. The molecule has 33 heavy (non-hydrogen) atoms. The molecule has 1 N–H and O–H groups in total. The molecule has 0 bridgehead atoms. The number of aryl methyl sites for hydroxylation is 1. The minimum Gasteiger partial charge on any atom is -0.383 e. The maximum Gasteiger partial charge on any atom is 0.282 e. The number of carbonyl (C=O) groups excluding carboxylic acids is 3. The number of nitrogens with zero attached hydrogens (tertiary/aromatic N) is 2. The Labute approximate surface area is 193 Å². The van der Waals surface area contributed by atoms with E-state index < -0.39 is 11.8 Å². The largest absolute Gasteiger partial charge is 0.383 e. The van der Waals surface area contributed by atoms with E-state index in [0.29, 0.717) is 54.5 Å². The molecular formula is C25H29N3O5. The maximum absolute atomic E-state index is 13.7. The SMILES string of the molecule is COCCN(CCOC)C1=C(c2ccc(NC(C)=O)cc2)C(=O)N(c2cccc(C)c2)C1=O. The number of amides is 3. The normalized spacial score (nSPS) is 13.6. The van der Waals surface area contributed by atoms with Gasteiger partial charge in [-0.3, -0.25) is 14.4 Å². The quantitative estimate of drug-likeness (QED) is 0.559. The molecule has 0 unspecified atom stereocenters. The predicted octanol–water partition coefficient (Wildman–Crippen LogP) is 2.83. The molecule has 174 valence electrons. The van der Waals surface area contributed by atoms with Gasteiger partial charge >= 0.3 is 0 Å². The lowest BCUT2D eigenvalue weighted by atomic mass is 10.0. The number of anilines is 2. The number of rotatable bonds is 10. The number of benzene rings is 2. The molecule has 3 amide bonds. The number of imide groups is 1. The zero-order valence-electron chi connectivity index (χ0n) is 19.4. The summed E-state index contributed by atoms with van der Waals surface area (Å²) in [6.45, 7) is 4.94. The van der Waals surface area contributed by atoms with Crippen LogP contribution in [0, 0.1) is 6.92 Å². The zero-order valence-corrected chi connectivity index (χ0v) is 19.4. The maximum atomic E-state index is 13.7. The van der Waals surface area contributed by atoms with E-state index in [4.69, 9.17) is 9.47 Å². The second-order valence-corrected chi connectivity index (χ2v) is 7.74. The van der Waals surface area contributed by atoms with Crippen molar-refractivity contribution in [1.82, 2.24) is 4.90 Å². The van der Waals surface area contributed by atoms with E-state index in [1.807, 2.05) is 30.0 Å². The average molecular weight is 452 g/mol. The summed E-state index contributed by atoms with van der Waals surface area (Å²) in [7, 11) is 3.18. The molecule has 0 saturated carbocycles. The zero-order chi connectivity index (χ0) is 24.0. The van der Waals surface area contributed by atoms with Crippen LogP contribution in [0.25, 0.3) is 5.57 Å². The smallest absolute Gasteiger partial charge is 0.282 e. The van der Waals surface area contributed by atoms with Gasteiger partial charge in [0.05, 0.1) is 24.5 Å². The van der Waals surface area contributed by atoms with E-state index >= 15 is 0 Å². The van der Waals surface area contributed by atoms with Gasteiger partial charge in [0.15, 0.2) is 0 Å². The topological polar surface area (TPSA) is 88.2 Å². The molecule has 8 nitrogen and oxygen atoms in total. The Morgan fingerprint density at radius 2 is 1.61 bits per heavy atom. The molecule has 0 aliphatic carbocycles. The van der Waals surface area contributed by atoms with Crippen LogP contribution >= 0.6 is 0 Å². The standard InChI is InChI=1S/C25H29N3O5/c1-17-6-5-7-21(16-17)28-24(30)22(19-8-10-20(11-9-19)26-18(2)29)23(25(28)31)27(12-14-32-3)13-15-33-4/h5-11,16H,12-15H2,1-4H3,(H,26,29). The number of hydrogen-bond donors (Lipinski definition) is 1. The first-order chi connectivity index (χ1) is 15.9. The Kier molecular flexibility index (Phi) is 7.97. The van der Waals surface area contributed by atoms with Gasteiger partial charge in [0, 0.05) is 39.9 Å². The molecule has 1 aliphatic heterocycles. The first-order valence-corrected chi connectivity index (χ1v) is 10.7. The number of ether oxygens (including phenoxy) is 2. The van der Waals surface area contributed by atoms with Crippen molar-refractivity contribution < 1.29 is 23.9 Å². The molecule has 0 aromatic heterocycles. The molecule has 3 rings (SSSR count). The van der Waals surface area contributed by atoms with Crippen molar-refractivity contribution in [3.8, 4) is 0 Å². The Hall–Kier alpha value is -3.49. The summed E-state index contributed by atoms with van der Waals surface area (Å²) < 4.78 is 10.5. The Bertz CT molecular complexity index is 1050. The monoisotopic (exact) mass is 451 g/mol. The van der Waals surface area contributed by atoms with Crippen molar-refractivity contribution in [2.75, 3.05) is 50.7 Å². The summed E-state index contributed by atoms with van der Waals surface area (Å²) in [5.41, 5.74) is 3.28. The second-order valence-electron chi connectivity index (χ2n) is 7.74. The summed E-state index contributed by atoms with van der Waals surface area (Å²) in [5.74, 6) is -0.975. The molecule has 0 saturated heterocycles. The fraction of sp³-hybridized carbons (Fsp3) is 0.320. The van der Waals surface area contributed by atoms with Crippen molar-refractivity contribution in [2.45, 2.75) is 13.8 Å². The highest BCUT2D eigenvalue weighted by Crippen LogP contribution is 2.35. The molecule has 0 radical (unpaired) electrons. The third-order valence-corrected chi connectivity index (χ3v) is 5.26. The first kappa shape index (κ1) is 24.2. The van der Waals surface area contributed by atoms with Crippen molar-refractivity contribution in [1.29, 1.82) is 0 Å². The predicted molar refractivity (Wildman–Crippen MR) is 127 cm³/mol. The average Bonchev–Trinajstić information content (AvgIpc) is 3.04. The van der Waals surface area contributed by atoms with Gasteiger partial charge in [0.2, 0.25) is 5.91 Å². The van der Waals surface area contributed by atoms with Crippen LogP contribution in [0.5, 0.6) is 0 Å². The Morgan fingerprint density at radius 1 is 0.970 bits per heavy atom. The molecular weight excluding hydrogens is 422 g/mol. The fourth-order valence-electron chi connectivity index (χ4n) is 3.74. The van der Waals surface area contributed by atoms with E-state index in [1.54, 1.807) is 44.6 Å².